The van der Waals surface area contributed by atoms with Crippen LogP contribution in [-0.4, -0.2) is 31.3 Å². The van der Waals surface area contributed by atoms with Gasteiger partial charge in [0, 0.05) is 19.5 Å². The molecule has 2 aliphatic rings. The number of hydrogen-bond donors (Lipinski definition) is 0. The molecule has 3 unspecified atom stereocenters. The first-order valence-corrected chi connectivity index (χ1v) is 6.72. The van der Waals surface area contributed by atoms with Gasteiger partial charge in [0.1, 0.15) is 0 Å². The van der Waals surface area contributed by atoms with Crippen LogP contribution in [0, 0.1) is 17.3 Å². The Morgan fingerprint density at radius 2 is 1.94 bits per heavy atom. The summed E-state index contributed by atoms with van der Waals surface area (Å²) in [4.78, 5) is 3.42. The summed E-state index contributed by atoms with van der Waals surface area (Å²) in [5, 5.41) is -0.0420. The maximum absolute atomic E-state index is 6.49. The van der Waals surface area contributed by atoms with Gasteiger partial charge in [0.15, 0.2) is 0 Å². The van der Waals surface area contributed by atoms with Crippen molar-refractivity contribution in [1.82, 2.24) is 4.90 Å². The van der Waals surface area contributed by atoms with Gasteiger partial charge in [-0.1, -0.05) is 44.7 Å². The minimum absolute atomic E-state index is 0.0420. The van der Waals surface area contributed by atoms with E-state index in [9.17, 15) is 0 Å². The van der Waals surface area contributed by atoms with Crippen molar-refractivity contribution in [1.29, 1.82) is 0 Å². The number of likely N-dealkylation sites (tertiary alicyclic amines) is 1. The average Bonchev–Trinajstić information content (AvgIpc) is 2.18. The molecule has 0 aromatic carbocycles. The Kier molecular flexibility index (Phi) is 2.89. The summed E-state index contributed by atoms with van der Waals surface area (Å²) < 4.78 is 0. The summed E-state index contributed by atoms with van der Waals surface area (Å²) >= 11 is 5.59. The standard InChI is InChI=1S/C13H22BNS/c1-12(2)10-6-8-15(4)11(16)9(10)5-7-13(12,3)14/h9-10H,5-8H2,1-4H3. The highest BCUT2D eigenvalue weighted by Gasteiger charge is 2.51. The minimum Gasteiger partial charge on any atom is -0.369 e. The van der Waals surface area contributed by atoms with Gasteiger partial charge in [0.2, 0.25) is 0 Å². The summed E-state index contributed by atoms with van der Waals surface area (Å²) in [6, 6.07) is 0. The molecular formula is C13H22BNS. The van der Waals surface area contributed by atoms with Gasteiger partial charge in [-0.3, -0.25) is 0 Å². The Hall–Kier alpha value is -0.0451. The molecule has 0 amide bonds. The molecule has 1 saturated carbocycles. The molecule has 0 spiro atoms. The molecule has 0 bridgehead atoms. The third-order valence-electron chi connectivity index (χ3n) is 5.33. The lowest BCUT2D eigenvalue weighted by molar-refractivity contribution is 0.0347. The minimum atomic E-state index is -0.0420. The number of thiocarbonyl (C=S) groups is 1. The molecule has 16 heavy (non-hydrogen) atoms. The lowest BCUT2D eigenvalue weighted by Gasteiger charge is -2.57. The monoisotopic (exact) mass is 235 g/mol. The third-order valence-corrected chi connectivity index (χ3v) is 5.94. The number of nitrogens with zero attached hydrogens (tertiary/aromatic N) is 1. The highest BCUT2D eigenvalue weighted by atomic mass is 32.1. The third kappa shape index (κ3) is 1.63. The molecule has 1 aliphatic heterocycles. The fourth-order valence-corrected chi connectivity index (χ4v) is 3.86. The van der Waals surface area contributed by atoms with E-state index in [0.29, 0.717) is 11.8 Å². The topological polar surface area (TPSA) is 3.24 Å². The van der Waals surface area contributed by atoms with Crippen molar-refractivity contribution in [2.75, 3.05) is 13.6 Å². The summed E-state index contributed by atoms with van der Waals surface area (Å²) in [6.07, 6.45) is 3.50. The van der Waals surface area contributed by atoms with Crippen LogP contribution in [0.5, 0.6) is 0 Å². The van der Waals surface area contributed by atoms with Crippen molar-refractivity contribution in [2.45, 2.75) is 45.3 Å². The molecule has 1 heterocycles. The van der Waals surface area contributed by atoms with Gasteiger partial charge in [-0.05, 0) is 24.2 Å². The normalized spacial score (nSPS) is 43.0. The number of rotatable bonds is 0. The highest BCUT2D eigenvalue weighted by molar-refractivity contribution is 7.80. The lowest BCUT2D eigenvalue weighted by Crippen LogP contribution is -2.53. The molecule has 3 heteroatoms. The zero-order chi connectivity index (χ0) is 12.1. The fraction of sp³-hybridized carbons (Fsp3) is 0.923. The number of piperidine rings is 1. The Morgan fingerprint density at radius 1 is 1.31 bits per heavy atom. The predicted octanol–water partition coefficient (Wildman–Crippen LogP) is 3.05. The van der Waals surface area contributed by atoms with E-state index in [1.807, 2.05) is 0 Å². The second-order valence-corrected chi connectivity index (χ2v) is 6.86. The molecular weight excluding hydrogens is 213 g/mol. The van der Waals surface area contributed by atoms with Gasteiger partial charge >= 0.3 is 0 Å². The summed E-state index contributed by atoms with van der Waals surface area (Å²) in [5.74, 6) is 1.25. The van der Waals surface area contributed by atoms with Crippen molar-refractivity contribution < 1.29 is 0 Å². The fourth-order valence-electron chi connectivity index (χ4n) is 3.49. The van der Waals surface area contributed by atoms with Crippen LogP contribution in [0.4, 0.5) is 0 Å². The number of fused-ring (bicyclic) bond motifs is 1. The van der Waals surface area contributed by atoms with Gasteiger partial charge in [0.25, 0.3) is 0 Å². The Balaban J connectivity index is 2.29. The van der Waals surface area contributed by atoms with Gasteiger partial charge < -0.3 is 4.90 Å². The smallest absolute Gasteiger partial charge is 0.0811 e. The molecule has 1 nitrogen and oxygen atoms in total. The average molecular weight is 235 g/mol. The van der Waals surface area contributed by atoms with Crippen LogP contribution < -0.4 is 0 Å². The van der Waals surface area contributed by atoms with Crippen molar-refractivity contribution in [3.05, 3.63) is 0 Å². The molecule has 0 N–H and O–H groups in total. The van der Waals surface area contributed by atoms with Crippen LogP contribution in [-0.2, 0) is 0 Å². The Labute approximate surface area is 106 Å². The second-order valence-electron chi connectivity index (χ2n) is 6.44. The molecule has 88 valence electrons. The van der Waals surface area contributed by atoms with E-state index in [-0.39, 0.29) is 10.7 Å². The SMILES string of the molecule is [B]C1(C)CCC2C(=S)N(C)CCC2C1(C)C. The van der Waals surface area contributed by atoms with Crippen LogP contribution in [0.3, 0.4) is 0 Å². The molecule has 0 aromatic rings. The molecule has 0 aromatic heterocycles. The number of hydrogen-bond acceptors (Lipinski definition) is 1. The van der Waals surface area contributed by atoms with Crippen LogP contribution in [0.2, 0.25) is 5.31 Å². The molecule has 1 aliphatic carbocycles. The zero-order valence-corrected chi connectivity index (χ0v) is 11.7. The Morgan fingerprint density at radius 3 is 2.56 bits per heavy atom. The first-order chi connectivity index (χ1) is 7.27. The van der Waals surface area contributed by atoms with Crippen molar-refractivity contribution in [2.24, 2.45) is 17.3 Å². The molecule has 2 radical (unpaired) electrons. The van der Waals surface area contributed by atoms with Crippen molar-refractivity contribution in [3.63, 3.8) is 0 Å². The van der Waals surface area contributed by atoms with E-state index in [2.05, 4.69) is 32.7 Å². The predicted molar refractivity (Wildman–Crippen MR) is 74.0 cm³/mol. The van der Waals surface area contributed by atoms with Crippen LogP contribution in [0.1, 0.15) is 40.0 Å². The first kappa shape index (κ1) is 12.4. The molecule has 3 atom stereocenters. The van der Waals surface area contributed by atoms with E-state index in [4.69, 9.17) is 20.1 Å². The van der Waals surface area contributed by atoms with Gasteiger partial charge in [-0.15, -0.1) is 0 Å². The van der Waals surface area contributed by atoms with Crippen LogP contribution >= 0.6 is 12.2 Å². The van der Waals surface area contributed by atoms with Crippen molar-refractivity contribution >= 4 is 25.1 Å². The van der Waals surface area contributed by atoms with Crippen molar-refractivity contribution in [3.8, 4) is 0 Å². The Bertz CT molecular complexity index is 311. The van der Waals surface area contributed by atoms with Gasteiger partial charge in [0.05, 0.1) is 12.8 Å². The molecule has 2 rings (SSSR count). The van der Waals surface area contributed by atoms with E-state index in [0.717, 1.165) is 13.0 Å². The molecule has 1 saturated heterocycles. The lowest BCUT2D eigenvalue weighted by atomic mass is 9.43. The van der Waals surface area contributed by atoms with Crippen LogP contribution in [0.15, 0.2) is 0 Å². The van der Waals surface area contributed by atoms with Gasteiger partial charge in [-0.2, -0.15) is 0 Å². The zero-order valence-electron chi connectivity index (χ0n) is 10.9. The summed E-state index contributed by atoms with van der Waals surface area (Å²) in [7, 11) is 8.61. The first-order valence-electron chi connectivity index (χ1n) is 6.31. The second kappa shape index (κ2) is 3.73. The van der Waals surface area contributed by atoms with E-state index in [1.54, 1.807) is 0 Å². The highest BCUT2D eigenvalue weighted by Crippen LogP contribution is 2.60. The maximum Gasteiger partial charge on any atom is 0.0811 e. The summed E-state index contributed by atoms with van der Waals surface area (Å²) in [5.41, 5.74) is 0.196. The summed E-state index contributed by atoms with van der Waals surface area (Å²) in [6.45, 7) is 7.97. The quantitative estimate of drug-likeness (QED) is 0.469. The van der Waals surface area contributed by atoms with E-state index < -0.39 is 0 Å². The van der Waals surface area contributed by atoms with Crippen LogP contribution in [0.25, 0.3) is 0 Å². The van der Waals surface area contributed by atoms with Gasteiger partial charge in [-0.25, -0.2) is 0 Å². The van der Waals surface area contributed by atoms with E-state index >= 15 is 0 Å². The maximum atomic E-state index is 6.49. The largest absolute Gasteiger partial charge is 0.369 e. The van der Waals surface area contributed by atoms with E-state index in [1.165, 1.54) is 17.8 Å². The molecule has 2 fully saturated rings.